The van der Waals surface area contributed by atoms with Crippen LogP contribution in [0, 0.1) is 3.57 Å². The molecule has 0 atom stereocenters. The molecule has 1 saturated carbocycles. The number of halogens is 1. The zero-order valence-electron chi connectivity index (χ0n) is 12.3. The summed E-state index contributed by atoms with van der Waals surface area (Å²) in [5.74, 6) is 0. The largest absolute Gasteiger partial charge is 0.328 e. The number of benzene rings is 1. The molecule has 6 heteroatoms. The van der Waals surface area contributed by atoms with Gasteiger partial charge in [0.05, 0.1) is 4.90 Å². The van der Waals surface area contributed by atoms with Gasteiger partial charge in [-0.1, -0.05) is 6.92 Å². The van der Waals surface area contributed by atoms with E-state index < -0.39 is 10.0 Å². The van der Waals surface area contributed by atoms with Crippen LogP contribution in [0.1, 0.15) is 39.0 Å². The highest BCUT2D eigenvalue weighted by Crippen LogP contribution is 2.28. The van der Waals surface area contributed by atoms with Gasteiger partial charge in [-0.2, -0.15) is 4.31 Å². The van der Waals surface area contributed by atoms with Crippen LogP contribution in [0.3, 0.4) is 0 Å². The minimum atomic E-state index is -3.41. The standard InChI is InChI=1S/C15H23IN2O2S/c1-2-11-18(14-7-5-13(17)6-8-14)21(19,20)15-9-3-12(16)4-10-15/h3-4,9-10,13-14H,2,5-8,11,17H2,1H3. The van der Waals surface area contributed by atoms with Crippen molar-refractivity contribution in [3.63, 3.8) is 0 Å². The molecular weight excluding hydrogens is 399 g/mol. The highest BCUT2D eigenvalue weighted by molar-refractivity contribution is 14.1. The Bertz CT molecular complexity index is 552. The fraction of sp³-hybridized carbons (Fsp3) is 0.600. The third-order valence-corrected chi connectivity index (χ3v) is 6.70. The predicted octanol–water partition coefficient (Wildman–Crippen LogP) is 2.96. The Kier molecular flexibility index (Phi) is 6.05. The molecule has 2 rings (SSSR count). The van der Waals surface area contributed by atoms with Gasteiger partial charge in [-0.3, -0.25) is 0 Å². The molecule has 1 aliphatic rings. The molecule has 1 aromatic carbocycles. The van der Waals surface area contributed by atoms with Gasteiger partial charge in [0.1, 0.15) is 0 Å². The van der Waals surface area contributed by atoms with Crippen LogP contribution in [0.15, 0.2) is 29.2 Å². The van der Waals surface area contributed by atoms with Gasteiger partial charge in [0.25, 0.3) is 0 Å². The first-order valence-corrected chi connectivity index (χ1v) is 10.00. The lowest BCUT2D eigenvalue weighted by Crippen LogP contribution is -2.44. The number of sulfonamides is 1. The fourth-order valence-corrected chi connectivity index (χ4v) is 4.99. The second kappa shape index (κ2) is 7.39. The summed E-state index contributed by atoms with van der Waals surface area (Å²) in [5.41, 5.74) is 5.94. The van der Waals surface area contributed by atoms with E-state index in [0.29, 0.717) is 11.4 Å². The second-order valence-corrected chi connectivity index (χ2v) is 8.77. The summed E-state index contributed by atoms with van der Waals surface area (Å²) in [5, 5.41) is 0. The Balaban J connectivity index is 2.25. The zero-order valence-corrected chi connectivity index (χ0v) is 15.3. The quantitative estimate of drug-likeness (QED) is 0.743. The van der Waals surface area contributed by atoms with E-state index >= 15 is 0 Å². The zero-order chi connectivity index (χ0) is 15.5. The van der Waals surface area contributed by atoms with E-state index in [0.717, 1.165) is 35.7 Å². The Hall–Kier alpha value is -0.180. The minimum Gasteiger partial charge on any atom is -0.328 e. The van der Waals surface area contributed by atoms with Gasteiger partial charge in [0.15, 0.2) is 0 Å². The van der Waals surface area contributed by atoms with Crippen LogP contribution >= 0.6 is 22.6 Å². The Morgan fingerprint density at radius 3 is 2.29 bits per heavy atom. The maximum Gasteiger partial charge on any atom is 0.243 e. The van der Waals surface area contributed by atoms with Gasteiger partial charge < -0.3 is 5.73 Å². The topological polar surface area (TPSA) is 63.4 Å². The normalized spacial score (nSPS) is 23.4. The molecule has 1 fully saturated rings. The number of nitrogens with zero attached hydrogens (tertiary/aromatic N) is 1. The Morgan fingerprint density at radius 2 is 1.76 bits per heavy atom. The molecule has 0 aliphatic heterocycles. The average Bonchev–Trinajstić information content (AvgIpc) is 2.46. The van der Waals surface area contributed by atoms with Gasteiger partial charge in [-0.05, 0) is 79.0 Å². The summed E-state index contributed by atoms with van der Waals surface area (Å²) >= 11 is 2.18. The van der Waals surface area contributed by atoms with Gasteiger partial charge in [-0.25, -0.2) is 8.42 Å². The molecule has 0 bridgehead atoms. The number of hydrogen-bond donors (Lipinski definition) is 1. The second-order valence-electron chi connectivity index (χ2n) is 5.64. The van der Waals surface area contributed by atoms with Crippen molar-refractivity contribution in [3.8, 4) is 0 Å². The van der Waals surface area contributed by atoms with Crippen LogP contribution in [-0.4, -0.2) is 31.4 Å². The minimum absolute atomic E-state index is 0.0917. The monoisotopic (exact) mass is 422 g/mol. The number of hydrogen-bond acceptors (Lipinski definition) is 3. The molecule has 1 aromatic rings. The van der Waals surface area contributed by atoms with Crippen LogP contribution < -0.4 is 5.73 Å². The van der Waals surface area contributed by atoms with Gasteiger partial charge in [0.2, 0.25) is 10.0 Å². The van der Waals surface area contributed by atoms with E-state index in [1.807, 2.05) is 19.1 Å². The highest BCUT2D eigenvalue weighted by Gasteiger charge is 2.32. The van der Waals surface area contributed by atoms with E-state index in [2.05, 4.69) is 22.6 Å². The van der Waals surface area contributed by atoms with Crippen molar-refractivity contribution in [1.82, 2.24) is 4.31 Å². The first-order valence-electron chi connectivity index (χ1n) is 7.48. The van der Waals surface area contributed by atoms with E-state index in [1.54, 1.807) is 16.4 Å². The van der Waals surface area contributed by atoms with Crippen LogP contribution in [0.2, 0.25) is 0 Å². The molecule has 0 spiro atoms. The van der Waals surface area contributed by atoms with Gasteiger partial charge >= 0.3 is 0 Å². The third-order valence-electron chi connectivity index (χ3n) is 4.01. The van der Waals surface area contributed by atoms with Crippen molar-refractivity contribution in [2.75, 3.05) is 6.54 Å². The molecule has 2 N–H and O–H groups in total. The van der Waals surface area contributed by atoms with Crippen molar-refractivity contribution in [1.29, 1.82) is 0 Å². The molecular formula is C15H23IN2O2S. The maximum atomic E-state index is 12.9. The fourth-order valence-electron chi connectivity index (χ4n) is 2.85. The number of rotatable bonds is 5. The molecule has 0 aromatic heterocycles. The summed E-state index contributed by atoms with van der Waals surface area (Å²) in [6.07, 6.45) is 4.38. The van der Waals surface area contributed by atoms with E-state index in [-0.39, 0.29) is 12.1 Å². The summed E-state index contributed by atoms with van der Waals surface area (Å²) in [4.78, 5) is 0.395. The number of nitrogens with two attached hydrogens (primary N) is 1. The van der Waals surface area contributed by atoms with Gasteiger partial charge in [0, 0.05) is 22.2 Å². The van der Waals surface area contributed by atoms with Crippen LogP contribution in [0.5, 0.6) is 0 Å². The van der Waals surface area contributed by atoms with Crippen molar-refractivity contribution >= 4 is 32.6 Å². The first kappa shape index (κ1) is 17.2. The third kappa shape index (κ3) is 4.18. The lowest BCUT2D eigenvalue weighted by Gasteiger charge is -2.35. The average molecular weight is 422 g/mol. The lowest BCUT2D eigenvalue weighted by atomic mass is 9.92. The first-order chi connectivity index (χ1) is 9.95. The SMILES string of the molecule is CCCN(C1CCC(N)CC1)S(=O)(=O)c1ccc(I)cc1. The van der Waals surface area contributed by atoms with Crippen molar-refractivity contribution < 1.29 is 8.42 Å². The molecule has 118 valence electrons. The molecule has 0 saturated heterocycles. The molecule has 0 radical (unpaired) electrons. The van der Waals surface area contributed by atoms with Crippen LogP contribution in [0.4, 0.5) is 0 Å². The van der Waals surface area contributed by atoms with E-state index in [9.17, 15) is 8.42 Å². The molecule has 1 aliphatic carbocycles. The molecule has 0 amide bonds. The molecule has 0 heterocycles. The summed E-state index contributed by atoms with van der Waals surface area (Å²) in [6.45, 7) is 2.60. The lowest BCUT2D eigenvalue weighted by molar-refractivity contribution is 0.240. The smallest absolute Gasteiger partial charge is 0.243 e. The predicted molar refractivity (Wildman–Crippen MR) is 93.6 cm³/mol. The van der Waals surface area contributed by atoms with Crippen LogP contribution in [0.25, 0.3) is 0 Å². The summed E-state index contributed by atoms with van der Waals surface area (Å²) in [7, 11) is -3.41. The Morgan fingerprint density at radius 1 is 1.19 bits per heavy atom. The van der Waals surface area contributed by atoms with Gasteiger partial charge in [-0.15, -0.1) is 0 Å². The molecule has 21 heavy (non-hydrogen) atoms. The van der Waals surface area contributed by atoms with Crippen molar-refractivity contribution in [3.05, 3.63) is 27.8 Å². The van der Waals surface area contributed by atoms with Crippen LogP contribution in [-0.2, 0) is 10.0 Å². The Labute approximate surface area is 141 Å². The van der Waals surface area contributed by atoms with Crippen molar-refractivity contribution in [2.24, 2.45) is 5.73 Å². The van der Waals surface area contributed by atoms with E-state index in [1.165, 1.54) is 0 Å². The summed E-state index contributed by atoms with van der Waals surface area (Å²) < 4.78 is 28.5. The summed E-state index contributed by atoms with van der Waals surface area (Å²) in [6, 6.07) is 7.41. The van der Waals surface area contributed by atoms with Crippen molar-refractivity contribution in [2.45, 2.75) is 56.0 Å². The molecule has 0 unspecified atom stereocenters. The maximum absolute atomic E-state index is 12.9. The van der Waals surface area contributed by atoms with E-state index in [4.69, 9.17) is 5.73 Å². The molecule has 4 nitrogen and oxygen atoms in total. The highest BCUT2D eigenvalue weighted by atomic mass is 127.